The fourth-order valence-electron chi connectivity index (χ4n) is 2.21. The molecule has 0 radical (unpaired) electrons. The zero-order valence-electron chi connectivity index (χ0n) is 13.2. The van der Waals surface area contributed by atoms with Gasteiger partial charge in [0.05, 0.1) is 23.9 Å². The van der Waals surface area contributed by atoms with Crippen molar-refractivity contribution in [3.63, 3.8) is 0 Å². The maximum absolute atomic E-state index is 9.29. The Kier molecular flexibility index (Phi) is 8.69. The molecular weight excluding hydrogens is 288 g/mol. The minimum atomic E-state index is 0.0911. The van der Waals surface area contributed by atoms with Gasteiger partial charge in [-0.25, -0.2) is 0 Å². The highest BCUT2D eigenvalue weighted by molar-refractivity contribution is 6.33. The van der Waals surface area contributed by atoms with Crippen LogP contribution in [-0.4, -0.2) is 45.1 Å². The van der Waals surface area contributed by atoms with Gasteiger partial charge in [0.2, 0.25) is 0 Å². The number of nitrogens with one attached hydrogen (secondary N) is 1. The van der Waals surface area contributed by atoms with E-state index in [1.807, 2.05) is 12.1 Å². The number of aliphatic hydroxyl groups is 1. The van der Waals surface area contributed by atoms with E-state index < -0.39 is 0 Å². The Bertz CT molecular complexity index is 413. The van der Waals surface area contributed by atoms with Gasteiger partial charge in [-0.05, 0) is 24.1 Å². The summed E-state index contributed by atoms with van der Waals surface area (Å²) in [6.45, 7) is 8.04. The zero-order chi connectivity index (χ0) is 15.7. The molecule has 21 heavy (non-hydrogen) atoms. The second-order valence-electron chi connectivity index (χ2n) is 5.48. The van der Waals surface area contributed by atoms with E-state index in [4.69, 9.17) is 16.3 Å². The van der Waals surface area contributed by atoms with E-state index in [0.717, 1.165) is 24.3 Å². The van der Waals surface area contributed by atoms with Crippen LogP contribution in [0, 0.1) is 5.92 Å². The van der Waals surface area contributed by atoms with Gasteiger partial charge in [0.15, 0.2) is 0 Å². The Hall–Kier alpha value is -0.810. The minimum absolute atomic E-state index is 0.0911. The summed E-state index contributed by atoms with van der Waals surface area (Å²) >= 11 is 6.39. The molecule has 120 valence electrons. The van der Waals surface area contributed by atoms with Crippen molar-refractivity contribution in [2.24, 2.45) is 5.92 Å². The third kappa shape index (κ3) is 6.22. The van der Waals surface area contributed by atoms with Crippen LogP contribution in [0.4, 0.5) is 5.69 Å². The van der Waals surface area contributed by atoms with Crippen molar-refractivity contribution >= 4 is 17.3 Å². The molecule has 0 aliphatic rings. The van der Waals surface area contributed by atoms with Crippen molar-refractivity contribution in [2.45, 2.75) is 20.4 Å². The Morgan fingerprint density at radius 3 is 2.71 bits per heavy atom. The Balaban J connectivity index is 2.89. The Morgan fingerprint density at radius 2 is 2.10 bits per heavy atom. The number of nitrogens with zero attached hydrogens (tertiary/aromatic N) is 1. The van der Waals surface area contributed by atoms with Crippen molar-refractivity contribution in [3.8, 4) is 0 Å². The van der Waals surface area contributed by atoms with Crippen LogP contribution < -0.4 is 10.2 Å². The van der Waals surface area contributed by atoms with Gasteiger partial charge >= 0.3 is 0 Å². The Morgan fingerprint density at radius 1 is 1.33 bits per heavy atom. The molecule has 0 heterocycles. The molecule has 1 aromatic carbocycles. The van der Waals surface area contributed by atoms with Gasteiger partial charge in [0.1, 0.15) is 0 Å². The lowest BCUT2D eigenvalue weighted by molar-refractivity contribution is 0.203. The van der Waals surface area contributed by atoms with Crippen LogP contribution in [0.2, 0.25) is 5.02 Å². The molecule has 0 aliphatic carbocycles. The van der Waals surface area contributed by atoms with Gasteiger partial charge in [-0.2, -0.15) is 0 Å². The van der Waals surface area contributed by atoms with Crippen LogP contribution in [0.25, 0.3) is 0 Å². The zero-order valence-corrected chi connectivity index (χ0v) is 14.0. The van der Waals surface area contributed by atoms with Crippen molar-refractivity contribution in [2.75, 3.05) is 44.9 Å². The molecule has 1 rings (SSSR count). The number of benzene rings is 1. The number of hydrogen-bond donors (Lipinski definition) is 2. The predicted molar refractivity (Wildman–Crippen MR) is 89.2 cm³/mol. The third-order valence-electron chi connectivity index (χ3n) is 3.19. The second kappa shape index (κ2) is 10.0. The van der Waals surface area contributed by atoms with Gasteiger partial charge in [-0.15, -0.1) is 0 Å². The molecule has 0 bridgehead atoms. The SMILES string of the molecule is COCCN(CCO)c1c(Cl)cccc1CNCC(C)C. The molecule has 0 saturated carbocycles. The molecule has 0 saturated heterocycles. The van der Waals surface area contributed by atoms with E-state index in [1.54, 1.807) is 7.11 Å². The average Bonchev–Trinajstić information content (AvgIpc) is 2.44. The highest BCUT2D eigenvalue weighted by atomic mass is 35.5. The first-order chi connectivity index (χ1) is 10.1. The largest absolute Gasteiger partial charge is 0.395 e. The van der Waals surface area contributed by atoms with Crippen molar-refractivity contribution in [3.05, 3.63) is 28.8 Å². The lowest BCUT2D eigenvalue weighted by atomic mass is 10.1. The molecule has 4 nitrogen and oxygen atoms in total. The molecular formula is C16H27ClN2O2. The average molecular weight is 315 g/mol. The fraction of sp³-hybridized carbons (Fsp3) is 0.625. The summed E-state index contributed by atoms with van der Waals surface area (Å²) in [7, 11) is 1.68. The summed E-state index contributed by atoms with van der Waals surface area (Å²) in [6.07, 6.45) is 0. The van der Waals surface area contributed by atoms with E-state index in [1.165, 1.54) is 0 Å². The van der Waals surface area contributed by atoms with Gasteiger partial charge in [0, 0.05) is 26.7 Å². The van der Waals surface area contributed by atoms with Crippen molar-refractivity contribution < 1.29 is 9.84 Å². The summed E-state index contributed by atoms with van der Waals surface area (Å²) in [5, 5.41) is 13.4. The number of hydrogen-bond acceptors (Lipinski definition) is 4. The molecule has 1 aromatic rings. The highest BCUT2D eigenvalue weighted by Gasteiger charge is 2.14. The van der Waals surface area contributed by atoms with Crippen LogP contribution in [0.5, 0.6) is 0 Å². The number of ether oxygens (including phenoxy) is 1. The molecule has 0 amide bonds. The van der Waals surface area contributed by atoms with Crippen LogP contribution >= 0.6 is 11.6 Å². The van der Waals surface area contributed by atoms with Crippen molar-refractivity contribution in [1.29, 1.82) is 0 Å². The normalized spacial score (nSPS) is 11.1. The van der Waals surface area contributed by atoms with Crippen molar-refractivity contribution in [1.82, 2.24) is 5.32 Å². The first-order valence-corrected chi connectivity index (χ1v) is 7.80. The lowest BCUT2D eigenvalue weighted by Gasteiger charge is -2.27. The monoisotopic (exact) mass is 314 g/mol. The predicted octanol–water partition coefficient (Wildman–Crippen LogP) is 2.53. The summed E-state index contributed by atoms with van der Waals surface area (Å²) in [4.78, 5) is 2.08. The Labute approximate surface area is 133 Å². The quantitative estimate of drug-likeness (QED) is 0.696. The number of aliphatic hydroxyl groups excluding tert-OH is 1. The molecule has 0 unspecified atom stereocenters. The number of methoxy groups -OCH3 is 1. The molecule has 2 N–H and O–H groups in total. The second-order valence-corrected chi connectivity index (χ2v) is 5.88. The van der Waals surface area contributed by atoms with Gasteiger partial charge in [0.25, 0.3) is 0 Å². The first-order valence-electron chi connectivity index (χ1n) is 7.43. The smallest absolute Gasteiger partial charge is 0.0642 e. The summed E-state index contributed by atoms with van der Waals surface area (Å²) in [6, 6.07) is 5.93. The summed E-state index contributed by atoms with van der Waals surface area (Å²) < 4.78 is 5.15. The number of anilines is 1. The van der Waals surface area contributed by atoms with E-state index in [9.17, 15) is 5.11 Å². The maximum Gasteiger partial charge on any atom is 0.0642 e. The standard InChI is InChI=1S/C16H27ClN2O2/c1-13(2)11-18-12-14-5-4-6-15(17)16(14)19(7-9-20)8-10-21-3/h4-6,13,18,20H,7-12H2,1-3H3. The number of rotatable bonds is 10. The van der Waals surface area contributed by atoms with E-state index in [0.29, 0.717) is 30.6 Å². The highest BCUT2D eigenvalue weighted by Crippen LogP contribution is 2.29. The molecule has 5 heteroatoms. The van der Waals surface area contributed by atoms with Gasteiger partial charge in [-0.1, -0.05) is 37.6 Å². The first kappa shape index (κ1) is 18.2. The summed E-state index contributed by atoms with van der Waals surface area (Å²) in [5.74, 6) is 0.606. The van der Waals surface area contributed by atoms with Gasteiger partial charge in [-0.3, -0.25) is 0 Å². The van der Waals surface area contributed by atoms with E-state index in [2.05, 4.69) is 30.1 Å². The van der Waals surface area contributed by atoms with E-state index in [-0.39, 0.29) is 6.61 Å². The molecule has 0 fully saturated rings. The molecule has 0 aromatic heterocycles. The van der Waals surface area contributed by atoms with Crippen LogP contribution in [0.1, 0.15) is 19.4 Å². The molecule has 0 atom stereocenters. The van der Waals surface area contributed by atoms with Crippen LogP contribution in [0.15, 0.2) is 18.2 Å². The van der Waals surface area contributed by atoms with Crippen LogP contribution in [-0.2, 0) is 11.3 Å². The third-order valence-corrected chi connectivity index (χ3v) is 3.49. The van der Waals surface area contributed by atoms with E-state index >= 15 is 0 Å². The number of halogens is 1. The van der Waals surface area contributed by atoms with Gasteiger partial charge < -0.3 is 20.1 Å². The number of para-hydroxylation sites is 1. The maximum atomic E-state index is 9.29. The minimum Gasteiger partial charge on any atom is -0.395 e. The van der Waals surface area contributed by atoms with Crippen LogP contribution in [0.3, 0.4) is 0 Å². The molecule has 0 spiro atoms. The topological polar surface area (TPSA) is 44.7 Å². The lowest BCUT2D eigenvalue weighted by Crippen LogP contribution is -2.32. The summed E-state index contributed by atoms with van der Waals surface area (Å²) in [5.41, 5.74) is 2.13. The fourth-order valence-corrected chi connectivity index (χ4v) is 2.52. The molecule has 0 aliphatic heterocycles.